The van der Waals surface area contributed by atoms with Crippen molar-refractivity contribution in [2.45, 2.75) is 30.6 Å². The van der Waals surface area contributed by atoms with Crippen molar-refractivity contribution in [1.82, 2.24) is 9.21 Å². The second kappa shape index (κ2) is 7.20. The summed E-state index contributed by atoms with van der Waals surface area (Å²) in [6.45, 7) is 1.49. The summed E-state index contributed by atoms with van der Waals surface area (Å²) in [6.07, 6.45) is 4.14. The minimum Gasteiger partial charge on any atom is -0.340 e. The molecule has 1 aliphatic heterocycles. The zero-order valence-corrected chi connectivity index (χ0v) is 15.6. The summed E-state index contributed by atoms with van der Waals surface area (Å²) in [7, 11) is -3.62. The molecular formula is C16H20Cl2N2O3S. The number of sulfonamides is 1. The first-order chi connectivity index (χ1) is 11.4. The van der Waals surface area contributed by atoms with Crippen LogP contribution in [0.4, 0.5) is 0 Å². The average molecular weight is 391 g/mol. The molecular weight excluding hydrogens is 371 g/mol. The third-order valence-electron chi connectivity index (χ3n) is 4.78. The molecule has 2 fully saturated rings. The summed E-state index contributed by atoms with van der Waals surface area (Å²) in [4.78, 5) is 14.4. The van der Waals surface area contributed by atoms with E-state index in [2.05, 4.69) is 0 Å². The Kier molecular flexibility index (Phi) is 5.39. The van der Waals surface area contributed by atoms with Crippen LogP contribution in [-0.4, -0.2) is 49.7 Å². The molecule has 1 aromatic carbocycles. The number of hydrogen-bond donors (Lipinski definition) is 0. The van der Waals surface area contributed by atoms with Gasteiger partial charge in [0.05, 0.1) is 14.9 Å². The number of hydrogen-bond acceptors (Lipinski definition) is 3. The van der Waals surface area contributed by atoms with Crippen molar-refractivity contribution in [3.63, 3.8) is 0 Å². The molecule has 1 amide bonds. The van der Waals surface area contributed by atoms with Crippen LogP contribution >= 0.6 is 23.2 Å². The Morgan fingerprint density at radius 3 is 2.21 bits per heavy atom. The molecule has 1 aromatic rings. The maximum absolute atomic E-state index is 12.7. The standard InChI is InChI=1S/C16H20Cl2N2O3S/c17-14-6-5-13(11-15(14)18)24(22,23)20-9-7-19(8-10-20)16(21)12-3-1-2-4-12/h5-6,11-12H,1-4,7-10H2. The third-order valence-corrected chi connectivity index (χ3v) is 7.42. The quantitative estimate of drug-likeness (QED) is 0.796. The largest absolute Gasteiger partial charge is 0.340 e. The van der Waals surface area contributed by atoms with E-state index in [-0.39, 0.29) is 21.7 Å². The molecule has 24 heavy (non-hydrogen) atoms. The first-order valence-electron chi connectivity index (χ1n) is 8.13. The van der Waals surface area contributed by atoms with Gasteiger partial charge in [0.1, 0.15) is 0 Å². The summed E-state index contributed by atoms with van der Waals surface area (Å²) >= 11 is 11.8. The number of benzene rings is 1. The summed E-state index contributed by atoms with van der Waals surface area (Å²) in [6, 6.07) is 4.31. The maximum atomic E-state index is 12.7. The minimum absolute atomic E-state index is 0.128. The molecule has 0 spiro atoms. The number of halogens is 2. The van der Waals surface area contributed by atoms with Crippen molar-refractivity contribution in [3.05, 3.63) is 28.2 Å². The summed E-state index contributed by atoms with van der Waals surface area (Å²) < 4.78 is 26.8. The van der Waals surface area contributed by atoms with Gasteiger partial charge in [-0.25, -0.2) is 8.42 Å². The Morgan fingerprint density at radius 2 is 1.62 bits per heavy atom. The fourth-order valence-corrected chi connectivity index (χ4v) is 5.18. The molecule has 1 saturated carbocycles. The van der Waals surface area contributed by atoms with Gasteiger partial charge >= 0.3 is 0 Å². The Hall–Kier alpha value is -0.820. The zero-order valence-electron chi connectivity index (χ0n) is 13.2. The van der Waals surface area contributed by atoms with Crippen LogP contribution in [-0.2, 0) is 14.8 Å². The number of rotatable bonds is 3. The van der Waals surface area contributed by atoms with Gasteiger partial charge in [-0.1, -0.05) is 36.0 Å². The lowest BCUT2D eigenvalue weighted by Gasteiger charge is -2.35. The lowest BCUT2D eigenvalue weighted by Crippen LogP contribution is -2.51. The fourth-order valence-electron chi connectivity index (χ4n) is 3.37. The number of carbonyl (C=O) groups is 1. The lowest BCUT2D eigenvalue weighted by molar-refractivity contribution is -0.136. The molecule has 8 heteroatoms. The molecule has 0 radical (unpaired) electrons. The molecule has 0 unspecified atom stereocenters. The third kappa shape index (κ3) is 3.57. The predicted octanol–water partition coefficient (Wildman–Crippen LogP) is 3.02. The van der Waals surface area contributed by atoms with Crippen LogP contribution in [0.3, 0.4) is 0 Å². The van der Waals surface area contributed by atoms with Crippen LogP contribution in [0.15, 0.2) is 23.1 Å². The van der Waals surface area contributed by atoms with Gasteiger partial charge in [0.2, 0.25) is 15.9 Å². The highest BCUT2D eigenvalue weighted by Gasteiger charge is 2.33. The van der Waals surface area contributed by atoms with Crippen molar-refractivity contribution >= 4 is 39.1 Å². The molecule has 1 saturated heterocycles. The summed E-state index contributed by atoms with van der Waals surface area (Å²) in [5.41, 5.74) is 0. The van der Waals surface area contributed by atoms with Crippen molar-refractivity contribution in [2.75, 3.05) is 26.2 Å². The average Bonchev–Trinajstić information content (AvgIpc) is 3.11. The predicted molar refractivity (Wildman–Crippen MR) is 93.8 cm³/mol. The highest BCUT2D eigenvalue weighted by Crippen LogP contribution is 2.29. The van der Waals surface area contributed by atoms with E-state index in [1.54, 1.807) is 4.90 Å². The van der Waals surface area contributed by atoms with Crippen LogP contribution < -0.4 is 0 Å². The van der Waals surface area contributed by atoms with E-state index in [1.807, 2.05) is 0 Å². The SMILES string of the molecule is O=C(C1CCCC1)N1CCN(S(=O)(=O)c2ccc(Cl)c(Cl)c2)CC1. The minimum atomic E-state index is -3.62. The Bertz CT molecular complexity index is 725. The van der Waals surface area contributed by atoms with Crippen molar-refractivity contribution < 1.29 is 13.2 Å². The van der Waals surface area contributed by atoms with Crippen LogP contribution in [0.1, 0.15) is 25.7 Å². The molecule has 0 bridgehead atoms. The highest BCUT2D eigenvalue weighted by atomic mass is 35.5. The topological polar surface area (TPSA) is 57.7 Å². The molecule has 0 N–H and O–H groups in total. The molecule has 132 valence electrons. The van der Waals surface area contributed by atoms with Gasteiger partial charge in [0.15, 0.2) is 0 Å². The second-order valence-electron chi connectivity index (χ2n) is 6.29. The van der Waals surface area contributed by atoms with Gasteiger partial charge in [0.25, 0.3) is 0 Å². The summed E-state index contributed by atoms with van der Waals surface area (Å²) in [5.74, 6) is 0.308. The molecule has 3 rings (SSSR count). The molecule has 1 heterocycles. The highest BCUT2D eigenvalue weighted by molar-refractivity contribution is 7.89. The smallest absolute Gasteiger partial charge is 0.243 e. The number of carbonyl (C=O) groups excluding carboxylic acids is 1. The van der Waals surface area contributed by atoms with E-state index < -0.39 is 10.0 Å². The normalized spacial score (nSPS) is 20.5. The van der Waals surface area contributed by atoms with Gasteiger partial charge < -0.3 is 4.90 Å². The van der Waals surface area contributed by atoms with Crippen molar-refractivity contribution in [1.29, 1.82) is 0 Å². The van der Waals surface area contributed by atoms with Crippen LogP contribution in [0, 0.1) is 5.92 Å². The Labute approximate surface area is 152 Å². The van der Waals surface area contributed by atoms with E-state index in [4.69, 9.17) is 23.2 Å². The van der Waals surface area contributed by atoms with E-state index in [9.17, 15) is 13.2 Å². The summed E-state index contributed by atoms with van der Waals surface area (Å²) in [5, 5.41) is 0.537. The fraction of sp³-hybridized carbons (Fsp3) is 0.562. The van der Waals surface area contributed by atoms with E-state index in [0.29, 0.717) is 31.2 Å². The zero-order chi connectivity index (χ0) is 17.3. The van der Waals surface area contributed by atoms with E-state index in [1.165, 1.54) is 22.5 Å². The first kappa shape index (κ1) is 18.0. The van der Waals surface area contributed by atoms with Gasteiger partial charge in [-0.3, -0.25) is 4.79 Å². The van der Waals surface area contributed by atoms with Crippen LogP contribution in [0.25, 0.3) is 0 Å². The number of piperazine rings is 1. The van der Waals surface area contributed by atoms with Crippen LogP contribution in [0.5, 0.6) is 0 Å². The lowest BCUT2D eigenvalue weighted by atomic mass is 10.1. The monoisotopic (exact) mass is 390 g/mol. The molecule has 2 aliphatic rings. The second-order valence-corrected chi connectivity index (χ2v) is 9.04. The van der Waals surface area contributed by atoms with Crippen LogP contribution in [0.2, 0.25) is 10.0 Å². The van der Waals surface area contributed by atoms with Crippen molar-refractivity contribution in [3.8, 4) is 0 Å². The van der Waals surface area contributed by atoms with Gasteiger partial charge in [-0.2, -0.15) is 4.31 Å². The molecule has 1 aliphatic carbocycles. The molecule has 0 aromatic heterocycles. The number of amides is 1. The van der Waals surface area contributed by atoms with Crippen molar-refractivity contribution in [2.24, 2.45) is 5.92 Å². The van der Waals surface area contributed by atoms with Gasteiger partial charge in [0, 0.05) is 32.1 Å². The first-order valence-corrected chi connectivity index (χ1v) is 10.3. The molecule has 5 nitrogen and oxygen atoms in total. The Morgan fingerprint density at radius 1 is 1.00 bits per heavy atom. The Balaban J connectivity index is 1.67. The van der Waals surface area contributed by atoms with Gasteiger partial charge in [-0.15, -0.1) is 0 Å². The molecule has 0 atom stereocenters. The van der Waals surface area contributed by atoms with E-state index in [0.717, 1.165) is 25.7 Å². The van der Waals surface area contributed by atoms with E-state index >= 15 is 0 Å². The van der Waals surface area contributed by atoms with Gasteiger partial charge in [-0.05, 0) is 31.0 Å². The number of nitrogens with zero attached hydrogens (tertiary/aromatic N) is 2. The maximum Gasteiger partial charge on any atom is 0.243 e.